The van der Waals surface area contributed by atoms with Crippen LogP contribution in [0.4, 0.5) is 16.2 Å². The molecule has 0 aliphatic carbocycles. The van der Waals surface area contributed by atoms with Gasteiger partial charge in [0.05, 0.1) is 24.5 Å². The first-order valence-electron chi connectivity index (χ1n) is 5.77. The highest BCUT2D eigenvalue weighted by molar-refractivity contribution is 5.99. The van der Waals surface area contributed by atoms with Crippen LogP contribution >= 0.6 is 0 Å². The lowest BCUT2D eigenvalue weighted by molar-refractivity contribution is -0.136. The summed E-state index contributed by atoms with van der Waals surface area (Å²) < 4.78 is 0. The van der Waals surface area contributed by atoms with Crippen LogP contribution in [0, 0.1) is 0 Å². The maximum atomic E-state index is 11.7. The molecule has 0 unspecified atom stereocenters. The standard InChI is InChI=1S/C13H12N4O3/c18-12(19)5-9-1-3-10(4-2-9)16-13(20)17-11-6-14-8-15-7-11/h1-4,6-8H,5H2,(H,18,19)(H2,16,17,20). The van der Waals surface area contributed by atoms with E-state index in [4.69, 9.17) is 5.11 Å². The van der Waals surface area contributed by atoms with Crippen LogP contribution in [0.2, 0.25) is 0 Å². The Balaban J connectivity index is 1.93. The normalized spacial score (nSPS) is 9.80. The number of benzene rings is 1. The van der Waals surface area contributed by atoms with Crippen molar-refractivity contribution in [3.05, 3.63) is 48.5 Å². The monoisotopic (exact) mass is 272 g/mol. The lowest BCUT2D eigenvalue weighted by Crippen LogP contribution is -2.19. The zero-order chi connectivity index (χ0) is 14.4. The van der Waals surface area contributed by atoms with E-state index in [1.165, 1.54) is 18.7 Å². The fourth-order valence-electron chi connectivity index (χ4n) is 1.54. The van der Waals surface area contributed by atoms with Gasteiger partial charge < -0.3 is 15.7 Å². The molecule has 3 N–H and O–H groups in total. The Morgan fingerprint density at radius 2 is 1.60 bits per heavy atom. The maximum Gasteiger partial charge on any atom is 0.323 e. The SMILES string of the molecule is O=C(O)Cc1ccc(NC(=O)Nc2cncnc2)cc1. The average Bonchev–Trinajstić information content (AvgIpc) is 2.41. The van der Waals surface area contributed by atoms with Crippen LogP contribution in [0.15, 0.2) is 43.0 Å². The third-order valence-electron chi connectivity index (χ3n) is 2.39. The van der Waals surface area contributed by atoms with Crippen LogP contribution in [0.1, 0.15) is 5.56 Å². The van der Waals surface area contributed by atoms with Crippen molar-refractivity contribution in [3.63, 3.8) is 0 Å². The maximum absolute atomic E-state index is 11.7. The number of aromatic nitrogens is 2. The minimum atomic E-state index is -0.896. The van der Waals surface area contributed by atoms with Gasteiger partial charge in [-0.3, -0.25) is 4.79 Å². The number of amides is 2. The molecule has 102 valence electrons. The number of anilines is 2. The van der Waals surface area contributed by atoms with Crippen molar-refractivity contribution in [3.8, 4) is 0 Å². The molecule has 20 heavy (non-hydrogen) atoms. The van der Waals surface area contributed by atoms with E-state index in [9.17, 15) is 9.59 Å². The van der Waals surface area contributed by atoms with Gasteiger partial charge in [0.2, 0.25) is 0 Å². The van der Waals surface area contributed by atoms with E-state index in [2.05, 4.69) is 20.6 Å². The van der Waals surface area contributed by atoms with Crippen LogP contribution in [-0.4, -0.2) is 27.1 Å². The van der Waals surface area contributed by atoms with Crippen molar-refractivity contribution in [1.82, 2.24) is 9.97 Å². The summed E-state index contributed by atoms with van der Waals surface area (Å²) in [6.45, 7) is 0. The Kier molecular flexibility index (Phi) is 4.23. The molecule has 0 aliphatic heterocycles. The lowest BCUT2D eigenvalue weighted by atomic mass is 10.1. The summed E-state index contributed by atoms with van der Waals surface area (Å²) >= 11 is 0. The Labute approximate surface area is 114 Å². The van der Waals surface area contributed by atoms with E-state index in [1.807, 2.05) is 0 Å². The van der Waals surface area contributed by atoms with E-state index in [0.29, 0.717) is 16.9 Å². The van der Waals surface area contributed by atoms with Gasteiger partial charge in [0.15, 0.2) is 0 Å². The fourth-order valence-corrected chi connectivity index (χ4v) is 1.54. The molecule has 7 heteroatoms. The predicted molar refractivity (Wildman–Crippen MR) is 72.5 cm³/mol. The molecule has 1 aromatic heterocycles. The minimum absolute atomic E-state index is 0.0478. The Hall–Kier alpha value is -2.96. The van der Waals surface area contributed by atoms with Gasteiger partial charge in [-0.15, -0.1) is 0 Å². The molecule has 0 spiro atoms. The first-order valence-corrected chi connectivity index (χ1v) is 5.77. The number of hydrogen-bond acceptors (Lipinski definition) is 4. The number of nitrogens with one attached hydrogen (secondary N) is 2. The Morgan fingerprint density at radius 3 is 2.20 bits per heavy atom. The summed E-state index contributed by atoms with van der Waals surface area (Å²) in [6, 6.07) is 6.15. The first-order chi connectivity index (χ1) is 9.63. The van der Waals surface area contributed by atoms with Crippen LogP contribution in [0.25, 0.3) is 0 Å². The van der Waals surface area contributed by atoms with Gasteiger partial charge >= 0.3 is 12.0 Å². The number of nitrogens with zero attached hydrogens (tertiary/aromatic N) is 2. The van der Waals surface area contributed by atoms with Crippen molar-refractivity contribution in [1.29, 1.82) is 0 Å². The van der Waals surface area contributed by atoms with Gasteiger partial charge in [-0.1, -0.05) is 12.1 Å². The van der Waals surface area contributed by atoms with Crippen molar-refractivity contribution >= 4 is 23.4 Å². The van der Waals surface area contributed by atoms with E-state index < -0.39 is 12.0 Å². The van der Waals surface area contributed by atoms with E-state index >= 15 is 0 Å². The van der Waals surface area contributed by atoms with E-state index in [-0.39, 0.29) is 6.42 Å². The molecule has 0 atom stereocenters. The largest absolute Gasteiger partial charge is 0.481 e. The zero-order valence-corrected chi connectivity index (χ0v) is 10.4. The molecule has 0 saturated heterocycles. The number of carboxylic acid groups (broad SMARTS) is 1. The molecule has 1 aromatic carbocycles. The number of carboxylic acids is 1. The average molecular weight is 272 g/mol. The van der Waals surface area contributed by atoms with Crippen LogP contribution in [-0.2, 0) is 11.2 Å². The molecule has 0 bridgehead atoms. The molecule has 2 aromatic rings. The second kappa shape index (κ2) is 6.28. The summed E-state index contributed by atoms with van der Waals surface area (Å²) in [7, 11) is 0. The van der Waals surface area contributed by atoms with Crippen molar-refractivity contribution in [2.24, 2.45) is 0 Å². The summed E-state index contributed by atoms with van der Waals surface area (Å²) in [6.07, 6.45) is 4.27. The van der Waals surface area contributed by atoms with Gasteiger partial charge in [0.1, 0.15) is 6.33 Å². The topological polar surface area (TPSA) is 104 Å². The number of aliphatic carboxylic acids is 1. The molecule has 7 nitrogen and oxygen atoms in total. The van der Waals surface area contributed by atoms with E-state index in [0.717, 1.165) is 0 Å². The molecule has 0 aliphatic rings. The van der Waals surface area contributed by atoms with Crippen LogP contribution in [0.5, 0.6) is 0 Å². The highest BCUT2D eigenvalue weighted by atomic mass is 16.4. The number of urea groups is 1. The lowest BCUT2D eigenvalue weighted by Gasteiger charge is -2.07. The number of carbonyl (C=O) groups excluding carboxylic acids is 1. The van der Waals surface area contributed by atoms with Gasteiger partial charge in [-0.05, 0) is 17.7 Å². The predicted octanol–water partition coefficient (Wildman–Crippen LogP) is 1.75. The Morgan fingerprint density at radius 1 is 1.00 bits per heavy atom. The summed E-state index contributed by atoms with van der Waals surface area (Å²) in [4.78, 5) is 29.8. The molecule has 0 radical (unpaired) electrons. The molecule has 2 rings (SSSR count). The van der Waals surface area contributed by atoms with Crippen molar-refractivity contribution in [2.45, 2.75) is 6.42 Å². The Bertz CT molecular complexity index is 599. The zero-order valence-electron chi connectivity index (χ0n) is 10.4. The number of rotatable bonds is 4. The third kappa shape index (κ3) is 4.05. The van der Waals surface area contributed by atoms with Gasteiger partial charge in [-0.25, -0.2) is 14.8 Å². The smallest absolute Gasteiger partial charge is 0.323 e. The third-order valence-corrected chi connectivity index (χ3v) is 2.39. The van der Waals surface area contributed by atoms with Gasteiger partial charge in [0.25, 0.3) is 0 Å². The highest BCUT2D eigenvalue weighted by Gasteiger charge is 2.04. The van der Waals surface area contributed by atoms with Crippen LogP contribution in [0.3, 0.4) is 0 Å². The molecular weight excluding hydrogens is 260 g/mol. The first kappa shape index (κ1) is 13.5. The van der Waals surface area contributed by atoms with Gasteiger partial charge in [0, 0.05) is 5.69 Å². The van der Waals surface area contributed by atoms with Crippen LogP contribution < -0.4 is 10.6 Å². The summed E-state index contributed by atoms with van der Waals surface area (Å²) in [5.41, 5.74) is 1.71. The molecule has 0 fully saturated rings. The van der Waals surface area contributed by atoms with Crippen molar-refractivity contribution in [2.75, 3.05) is 10.6 Å². The molecule has 2 amide bonds. The highest BCUT2D eigenvalue weighted by Crippen LogP contribution is 2.11. The summed E-state index contributed by atoms with van der Waals surface area (Å²) in [5, 5.41) is 13.8. The molecular formula is C13H12N4O3. The number of hydrogen-bond donors (Lipinski definition) is 3. The molecule has 1 heterocycles. The summed E-state index contributed by atoms with van der Waals surface area (Å²) in [5.74, 6) is -0.896. The quantitative estimate of drug-likeness (QED) is 0.786. The second-order valence-corrected chi connectivity index (χ2v) is 3.97. The fraction of sp³-hybridized carbons (Fsp3) is 0.0769. The van der Waals surface area contributed by atoms with E-state index in [1.54, 1.807) is 24.3 Å². The number of carbonyl (C=O) groups is 2. The minimum Gasteiger partial charge on any atom is -0.481 e. The molecule has 0 saturated carbocycles. The van der Waals surface area contributed by atoms with Gasteiger partial charge in [-0.2, -0.15) is 0 Å². The second-order valence-electron chi connectivity index (χ2n) is 3.97. The van der Waals surface area contributed by atoms with Crippen molar-refractivity contribution < 1.29 is 14.7 Å².